The first-order valence-electron chi connectivity index (χ1n) is 8.91. The molecule has 144 valence electrons. The first-order valence-corrected chi connectivity index (χ1v) is 9.28. The number of nitrogens with zero attached hydrogens (tertiary/aromatic N) is 4. The zero-order valence-corrected chi connectivity index (χ0v) is 15.7. The van der Waals surface area contributed by atoms with Crippen LogP contribution in [0.3, 0.4) is 0 Å². The van der Waals surface area contributed by atoms with Gasteiger partial charge in [0.05, 0.1) is 10.6 Å². The highest BCUT2D eigenvalue weighted by Gasteiger charge is 2.29. The van der Waals surface area contributed by atoms with Gasteiger partial charge in [-0.25, -0.2) is 0 Å². The molecule has 0 atom stereocenters. The largest absolute Gasteiger partial charge is 0.320 e. The van der Waals surface area contributed by atoms with Crippen LogP contribution in [0, 0.1) is 10.1 Å². The minimum atomic E-state index is -0.478. The Labute approximate surface area is 166 Å². The summed E-state index contributed by atoms with van der Waals surface area (Å²) in [6.07, 6.45) is 0. The minimum Gasteiger partial charge on any atom is -0.320 e. The maximum absolute atomic E-state index is 12.3. The number of hydrazone groups is 1. The van der Waals surface area contributed by atoms with E-state index in [-0.39, 0.29) is 17.3 Å². The standard InChI is InChI=1S/C19H18ClN5O3/c20-16-4-2-1-3-13(16)12-23-7-9-24(10-8-23)22-18-15-11-14(25(27)28)5-6-17(15)21-19(18)26/h1-6,11H,7-10,12H2,(H,21,22,26). The molecule has 2 aliphatic rings. The van der Waals surface area contributed by atoms with Crippen molar-refractivity contribution >= 4 is 34.6 Å². The molecule has 1 fully saturated rings. The lowest BCUT2D eigenvalue weighted by Gasteiger charge is -2.33. The van der Waals surface area contributed by atoms with Crippen molar-refractivity contribution in [3.63, 3.8) is 0 Å². The fourth-order valence-corrected chi connectivity index (χ4v) is 3.55. The Hall–Kier alpha value is -2.97. The molecule has 4 rings (SSSR count). The van der Waals surface area contributed by atoms with Gasteiger partial charge in [0.15, 0.2) is 5.71 Å². The second kappa shape index (κ2) is 7.57. The van der Waals surface area contributed by atoms with Gasteiger partial charge < -0.3 is 5.32 Å². The molecule has 2 aliphatic heterocycles. The normalized spacial score (nSPS) is 18.2. The van der Waals surface area contributed by atoms with Crippen LogP contribution in [0.4, 0.5) is 11.4 Å². The maximum Gasteiger partial charge on any atom is 0.276 e. The first-order chi connectivity index (χ1) is 13.5. The number of fused-ring (bicyclic) bond motifs is 1. The molecule has 2 aromatic rings. The third-order valence-corrected chi connectivity index (χ3v) is 5.24. The van der Waals surface area contributed by atoms with Crippen LogP contribution in [0.15, 0.2) is 47.6 Å². The number of piperazine rings is 1. The number of anilines is 1. The van der Waals surface area contributed by atoms with Crippen LogP contribution in [0.25, 0.3) is 0 Å². The number of amides is 1. The number of hydrogen-bond acceptors (Lipinski definition) is 6. The van der Waals surface area contributed by atoms with Gasteiger partial charge in [-0.05, 0) is 17.7 Å². The Morgan fingerprint density at radius 2 is 1.89 bits per heavy atom. The lowest BCUT2D eigenvalue weighted by molar-refractivity contribution is -0.384. The summed E-state index contributed by atoms with van der Waals surface area (Å²) < 4.78 is 0. The van der Waals surface area contributed by atoms with Crippen LogP contribution in [-0.2, 0) is 11.3 Å². The molecule has 1 saturated heterocycles. The van der Waals surface area contributed by atoms with Gasteiger partial charge in [0.25, 0.3) is 11.6 Å². The van der Waals surface area contributed by atoms with Gasteiger partial charge in [-0.1, -0.05) is 29.8 Å². The summed E-state index contributed by atoms with van der Waals surface area (Å²) in [5, 5.41) is 20.8. The van der Waals surface area contributed by atoms with Crippen molar-refractivity contribution in [3.05, 3.63) is 68.7 Å². The highest BCUT2D eigenvalue weighted by Crippen LogP contribution is 2.28. The third kappa shape index (κ3) is 3.69. The van der Waals surface area contributed by atoms with E-state index < -0.39 is 4.92 Å². The Morgan fingerprint density at radius 3 is 2.61 bits per heavy atom. The van der Waals surface area contributed by atoms with Crippen LogP contribution < -0.4 is 5.32 Å². The van der Waals surface area contributed by atoms with Crippen molar-refractivity contribution in [2.24, 2.45) is 5.10 Å². The van der Waals surface area contributed by atoms with E-state index >= 15 is 0 Å². The number of carbonyl (C=O) groups is 1. The molecule has 0 aliphatic carbocycles. The number of benzene rings is 2. The number of nitro benzene ring substituents is 1. The molecular formula is C19H18ClN5O3. The van der Waals surface area contributed by atoms with Gasteiger partial charge in [0, 0.05) is 55.4 Å². The summed E-state index contributed by atoms with van der Waals surface area (Å²) >= 11 is 6.23. The van der Waals surface area contributed by atoms with E-state index in [0.717, 1.165) is 30.2 Å². The Balaban J connectivity index is 1.45. The van der Waals surface area contributed by atoms with Gasteiger partial charge >= 0.3 is 0 Å². The second-order valence-corrected chi connectivity index (χ2v) is 7.12. The molecule has 0 aromatic heterocycles. The lowest BCUT2D eigenvalue weighted by atomic mass is 10.1. The van der Waals surface area contributed by atoms with Crippen molar-refractivity contribution in [3.8, 4) is 0 Å². The van der Waals surface area contributed by atoms with Crippen LogP contribution in [0.2, 0.25) is 5.02 Å². The molecule has 8 nitrogen and oxygen atoms in total. The van der Waals surface area contributed by atoms with Crippen LogP contribution in [0.1, 0.15) is 11.1 Å². The molecule has 0 spiro atoms. The predicted octanol–water partition coefficient (Wildman–Crippen LogP) is 2.72. The van der Waals surface area contributed by atoms with Gasteiger partial charge in [-0.2, -0.15) is 5.10 Å². The summed E-state index contributed by atoms with van der Waals surface area (Å²) in [6, 6.07) is 12.1. The number of nitro groups is 1. The Morgan fingerprint density at radius 1 is 1.14 bits per heavy atom. The number of halogens is 1. The molecule has 0 bridgehead atoms. The summed E-state index contributed by atoms with van der Waals surface area (Å²) in [5.74, 6) is -0.339. The molecular weight excluding hydrogens is 382 g/mol. The average Bonchev–Trinajstić information content (AvgIpc) is 2.99. The van der Waals surface area contributed by atoms with Crippen molar-refractivity contribution in [1.82, 2.24) is 9.91 Å². The van der Waals surface area contributed by atoms with E-state index in [1.807, 2.05) is 29.3 Å². The van der Waals surface area contributed by atoms with Crippen molar-refractivity contribution in [2.45, 2.75) is 6.54 Å². The highest BCUT2D eigenvalue weighted by atomic mass is 35.5. The van der Waals surface area contributed by atoms with E-state index in [0.29, 0.717) is 24.3 Å². The molecule has 0 unspecified atom stereocenters. The van der Waals surface area contributed by atoms with E-state index in [1.165, 1.54) is 18.2 Å². The second-order valence-electron chi connectivity index (χ2n) is 6.71. The van der Waals surface area contributed by atoms with Gasteiger partial charge in [0.2, 0.25) is 0 Å². The third-order valence-electron chi connectivity index (χ3n) is 4.87. The number of hydrogen-bond donors (Lipinski definition) is 1. The Kier molecular flexibility index (Phi) is 4.97. The number of carbonyl (C=O) groups excluding carboxylic acids is 1. The summed E-state index contributed by atoms with van der Waals surface area (Å²) in [4.78, 5) is 25.1. The molecule has 1 amide bonds. The molecule has 9 heteroatoms. The average molecular weight is 400 g/mol. The molecule has 1 N–H and O–H groups in total. The maximum atomic E-state index is 12.3. The summed E-state index contributed by atoms with van der Waals surface area (Å²) in [5.41, 5.74) is 2.26. The summed E-state index contributed by atoms with van der Waals surface area (Å²) in [6.45, 7) is 3.65. The molecule has 2 heterocycles. The zero-order valence-electron chi connectivity index (χ0n) is 15.0. The quantitative estimate of drug-likeness (QED) is 0.630. The van der Waals surface area contributed by atoms with E-state index in [9.17, 15) is 14.9 Å². The molecule has 0 saturated carbocycles. The van der Waals surface area contributed by atoms with Crippen LogP contribution in [0.5, 0.6) is 0 Å². The summed E-state index contributed by atoms with van der Waals surface area (Å²) in [7, 11) is 0. The van der Waals surface area contributed by atoms with E-state index in [2.05, 4.69) is 15.3 Å². The van der Waals surface area contributed by atoms with Crippen molar-refractivity contribution < 1.29 is 9.72 Å². The van der Waals surface area contributed by atoms with Crippen LogP contribution in [-0.4, -0.2) is 52.6 Å². The number of nitrogens with one attached hydrogen (secondary N) is 1. The number of rotatable bonds is 4. The monoisotopic (exact) mass is 399 g/mol. The SMILES string of the molecule is O=C1Nc2ccc([N+](=O)[O-])cc2C1=NN1CCN(Cc2ccccc2Cl)CC1. The molecule has 0 radical (unpaired) electrons. The topological polar surface area (TPSA) is 91.1 Å². The fraction of sp³-hybridized carbons (Fsp3) is 0.263. The van der Waals surface area contributed by atoms with E-state index in [1.54, 1.807) is 0 Å². The lowest BCUT2D eigenvalue weighted by Crippen LogP contribution is -2.44. The fourth-order valence-electron chi connectivity index (χ4n) is 3.36. The minimum absolute atomic E-state index is 0.0625. The highest BCUT2D eigenvalue weighted by molar-refractivity contribution is 6.53. The molecule has 2 aromatic carbocycles. The smallest absolute Gasteiger partial charge is 0.276 e. The van der Waals surface area contributed by atoms with Gasteiger partial charge in [-0.3, -0.25) is 24.8 Å². The Bertz CT molecular complexity index is 970. The molecule has 28 heavy (non-hydrogen) atoms. The van der Waals surface area contributed by atoms with Gasteiger partial charge in [0.1, 0.15) is 0 Å². The van der Waals surface area contributed by atoms with Crippen LogP contribution >= 0.6 is 11.6 Å². The zero-order chi connectivity index (χ0) is 19.7. The van der Waals surface area contributed by atoms with Crippen molar-refractivity contribution in [1.29, 1.82) is 0 Å². The van der Waals surface area contributed by atoms with Crippen molar-refractivity contribution in [2.75, 3.05) is 31.5 Å². The van der Waals surface area contributed by atoms with E-state index in [4.69, 9.17) is 11.6 Å². The predicted molar refractivity (Wildman–Crippen MR) is 107 cm³/mol. The number of non-ortho nitro benzene ring substituents is 1. The first kappa shape index (κ1) is 18.4. The van der Waals surface area contributed by atoms with Gasteiger partial charge in [-0.15, -0.1) is 0 Å².